The molecule has 3 heterocycles. The summed E-state index contributed by atoms with van der Waals surface area (Å²) in [6.45, 7) is 6.56. The maximum Gasteiger partial charge on any atom is 0.255 e. The number of pyridine rings is 1. The number of nitrogens with zero attached hydrogens (tertiary/aromatic N) is 2. The summed E-state index contributed by atoms with van der Waals surface area (Å²) in [5.74, 6) is 1.27. The van der Waals surface area contributed by atoms with E-state index >= 15 is 0 Å². The van der Waals surface area contributed by atoms with Crippen molar-refractivity contribution in [1.29, 1.82) is 0 Å². The average molecular weight is 466 g/mol. The fraction of sp³-hybridized carbons (Fsp3) is 0.500. The van der Waals surface area contributed by atoms with Gasteiger partial charge in [-0.05, 0) is 54.9 Å². The van der Waals surface area contributed by atoms with Crippen molar-refractivity contribution in [3.8, 4) is 11.6 Å². The number of benzene rings is 1. The molecular formula is C24H33Cl2N3O2. The van der Waals surface area contributed by atoms with Crippen LogP contribution in [0.25, 0.3) is 0 Å². The van der Waals surface area contributed by atoms with Gasteiger partial charge in [0.1, 0.15) is 5.75 Å². The van der Waals surface area contributed by atoms with Crippen molar-refractivity contribution in [2.75, 3.05) is 7.05 Å². The lowest BCUT2D eigenvalue weighted by atomic mass is 9.87. The quantitative estimate of drug-likeness (QED) is 0.658. The average Bonchev–Trinajstić information content (AvgIpc) is 3.05. The van der Waals surface area contributed by atoms with E-state index in [0.29, 0.717) is 29.6 Å². The molecule has 2 atom stereocenters. The van der Waals surface area contributed by atoms with Crippen LogP contribution in [0.2, 0.25) is 0 Å². The fourth-order valence-electron chi connectivity index (χ4n) is 4.42. The zero-order chi connectivity index (χ0) is 20.6. The Labute approximate surface area is 197 Å². The molecule has 1 aromatic heterocycles. The highest BCUT2D eigenvalue weighted by Crippen LogP contribution is 2.30. The molecule has 170 valence electrons. The summed E-state index contributed by atoms with van der Waals surface area (Å²) < 4.78 is 5.85. The van der Waals surface area contributed by atoms with Crippen molar-refractivity contribution in [2.24, 2.45) is 0 Å². The minimum absolute atomic E-state index is 0. The summed E-state index contributed by atoms with van der Waals surface area (Å²) in [6.07, 6.45) is 6.16. The molecule has 0 radical (unpaired) electrons. The second-order valence-electron chi connectivity index (χ2n) is 9.44. The van der Waals surface area contributed by atoms with Crippen LogP contribution >= 0.6 is 24.8 Å². The van der Waals surface area contributed by atoms with Gasteiger partial charge in [0.15, 0.2) is 0 Å². The van der Waals surface area contributed by atoms with Gasteiger partial charge in [-0.2, -0.15) is 0 Å². The number of carbonyl (C=O) groups excluding carboxylic acids is 1. The molecule has 5 nitrogen and oxygen atoms in total. The Morgan fingerprint density at radius 3 is 2.16 bits per heavy atom. The number of amides is 1. The van der Waals surface area contributed by atoms with E-state index in [1.54, 1.807) is 18.3 Å². The van der Waals surface area contributed by atoms with E-state index in [4.69, 9.17) is 4.74 Å². The smallest absolute Gasteiger partial charge is 0.255 e. The summed E-state index contributed by atoms with van der Waals surface area (Å²) in [5.41, 5.74) is 1.97. The maximum atomic E-state index is 12.9. The first-order valence-corrected chi connectivity index (χ1v) is 10.6. The highest BCUT2D eigenvalue weighted by atomic mass is 35.5. The topological polar surface area (TPSA) is 54.5 Å². The molecule has 0 aliphatic carbocycles. The van der Waals surface area contributed by atoms with Crippen LogP contribution in [0.15, 0.2) is 42.6 Å². The third-order valence-electron chi connectivity index (χ3n) is 6.24. The Kier molecular flexibility index (Phi) is 8.37. The number of hydrogen-bond acceptors (Lipinski definition) is 4. The number of ether oxygens (including phenoxy) is 1. The second kappa shape index (κ2) is 10.2. The molecule has 2 unspecified atom stereocenters. The van der Waals surface area contributed by atoms with Crippen molar-refractivity contribution in [3.05, 3.63) is 53.7 Å². The Hall–Kier alpha value is -1.82. The van der Waals surface area contributed by atoms with Crippen LogP contribution in [-0.2, 0) is 5.41 Å². The molecular weight excluding hydrogens is 433 g/mol. The number of nitrogens with one attached hydrogen (secondary N) is 1. The lowest BCUT2D eigenvalue weighted by Gasteiger charge is -2.35. The van der Waals surface area contributed by atoms with Gasteiger partial charge in [-0.15, -0.1) is 24.8 Å². The number of carbonyl (C=O) groups is 1. The molecule has 1 aromatic carbocycles. The largest absolute Gasteiger partial charge is 0.439 e. The summed E-state index contributed by atoms with van der Waals surface area (Å²) >= 11 is 0. The van der Waals surface area contributed by atoms with Crippen LogP contribution in [0.1, 0.15) is 62.4 Å². The number of halogens is 2. The summed E-state index contributed by atoms with van der Waals surface area (Å²) in [5, 5.41) is 3.63. The SMILES string of the molecule is CN(C(=O)c1ccc(Oc2ccc(C(C)(C)C)cc2)nc1)C1CC2CCC(C1)N2.Cl.Cl. The van der Waals surface area contributed by atoms with Crippen molar-refractivity contribution in [2.45, 2.75) is 70.0 Å². The van der Waals surface area contributed by atoms with Crippen molar-refractivity contribution >= 4 is 30.7 Å². The highest BCUT2D eigenvalue weighted by molar-refractivity contribution is 5.94. The van der Waals surface area contributed by atoms with Crippen LogP contribution in [0.5, 0.6) is 11.6 Å². The molecule has 2 aliphatic rings. The van der Waals surface area contributed by atoms with E-state index in [1.807, 2.05) is 24.1 Å². The molecule has 0 saturated carbocycles. The molecule has 31 heavy (non-hydrogen) atoms. The summed E-state index contributed by atoms with van der Waals surface area (Å²) in [4.78, 5) is 19.2. The van der Waals surface area contributed by atoms with Gasteiger partial charge in [-0.3, -0.25) is 4.79 Å². The molecule has 4 rings (SSSR count). The predicted octanol–water partition coefficient (Wildman–Crippen LogP) is 5.37. The van der Waals surface area contributed by atoms with E-state index in [1.165, 1.54) is 18.4 Å². The zero-order valence-corrected chi connectivity index (χ0v) is 20.3. The van der Waals surface area contributed by atoms with E-state index in [9.17, 15) is 4.79 Å². The molecule has 2 aliphatic heterocycles. The van der Waals surface area contributed by atoms with Crippen LogP contribution in [0.4, 0.5) is 0 Å². The minimum Gasteiger partial charge on any atom is -0.439 e. The third-order valence-corrected chi connectivity index (χ3v) is 6.24. The van der Waals surface area contributed by atoms with Crippen LogP contribution < -0.4 is 10.1 Å². The van der Waals surface area contributed by atoms with E-state index in [-0.39, 0.29) is 36.1 Å². The first-order valence-electron chi connectivity index (χ1n) is 10.6. The van der Waals surface area contributed by atoms with E-state index in [0.717, 1.165) is 18.6 Å². The van der Waals surface area contributed by atoms with Gasteiger partial charge < -0.3 is 15.0 Å². The van der Waals surface area contributed by atoms with Gasteiger partial charge in [0, 0.05) is 37.4 Å². The van der Waals surface area contributed by atoms with Gasteiger partial charge in [0.25, 0.3) is 5.91 Å². The zero-order valence-electron chi connectivity index (χ0n) is 18.6. The van der Waals surface area contributed by atoms with Crippen LogP contribution in [0, 0.1) is 0 Å². The second-order valence-corrected chi connectivity index (χ2v) is 9.44. The lowest BCUT2D eigenvalue weighted by molar-refractivity contribution is 0.0681. The van der Waals surface area contributed by atoms with Crippen molar-refractivity contribution in [3.63, 3.8) is 0 Å². The Morgan fingerprint density at radius 1 is 1.03 bits per heavy atom. The van der Waals surface area contributed by atoms with Crippen LogP contribution in [0.3, 0.4) is 0 Å². The number of fused-ring (bicyclic) bond motifs is 2. The normalized spacial score (nSPS) is 22.1. The summed E-state index contributed by atoms with van der Waals surface area (Å²) in [7, 11) is 1.92. The van der Waals surface area contributed by atoms with E-state index in [2.05, 4.69) is 43.2 Å². The molecule has 2 saturated heterocycles. The van der Waals surface area contributed by atoms with Crippen LogP contribution in [-0.4, -0.2) is 41.0 Å². The van der Waals surface area contributed by atoms with Gasteiger partial charge >= 0.3 is 0 Å². The Bertz CT molecular complexity index is 854. The molecule has 0 spiro atoms. The van der Waals surface area contributed by atoms with Gasteiger partial charge in [-0.25, -0.2) is 4.98 Å². The third kappa shape index (κ3) is 5.91. The number of rotatable bonds is 4. The molecule has 2 fully saturated rings. The Morgan fingerprint density at radius 2 is 1.65 bits per heavy atom. The molecule has 2 aromatic rings. The lowest BCUT2D eigenvalue weighted by Crippen LogP contribution is -2.48. The summed E-state index contributed by atoms with van der Waals surface area (Å²) in [6, 6.07) is 13.1. The molecule has 7 heteroatoms. The monoisotopic (exact) mass is 465 g/mol. The molecule has 1 amide bonds. The predicted molar refractivity (Wildman–Crippen MR) is 129 cm³/mol. The van der Waals surface area contributed by atoms with Crippen molar-refractivity contribution < 1.29 is 9.53 Å². The first kappa shape index (κ1) is 25.4. The Balaban J connectivity index is 0.00000171. The number of piperidine rings is 1. The minimum atomic E-state index is 0. The standard InChI is InChI=1S/C24H31N3O2.2ClH/c1-24(2,3)17-6-10-21(11-7-17)29-22-12-5-16(15-25-22)23(28)27(4)20-13-18-8-9-19(14-20)26-18;;/h5-7,10-12,15,18-20,26H,8-9,13-14H2,1-4H3;2*1H. The highest BCUT2D eigenvalue weighted by Gasteiger charge is 2.36. The first-order chi connectivity index (χ1) is 13.8. The van der Waals surface area contributed by atoms with Gasteiger partial charge in [0.2, 0.25) is 5.88 Å². The van der Waals surface area contributed by atoms with Gasteiger partial charge in [-0.1, -0.05) is 32.9 Å². The van der Waals surface area contributed by atoms with E-state index < -0.39 is 0 Å². The number of hydrogen-bond donors (Lipinski definition) is 1. The van der Waals surface area contributed by atoms with Gasteiger partial charge in [0.05, 0.1) is 5.56 Å². The fourth-order valence-corrected chi connectivity index (χ4v) is 4.42. The molecule has 1 N–H and O–H groups in total. The molecule has 2 bridgehead atoms. The van der Waals surface area contributed by atoms with Crippen molar-refractivity contribution in [1.82, 2.24) is 15.2 Å². The maximum absolute atomic E-state index is 12.9. The number of aromatic nitrogens is 1.